The van der Waals surface area contributed by atoms with Crippen molar-refractivity contribution in [2.24, 2.45) is 0 Å². The Bertz CT molecular complexity index is 464. The van der Waals surface area contributed by atoms with E-state index in [1.807, 2.05) is 13.0 Å². The molecule has 0 amide bonds. The molecule has 4 nitrogen and oxygen atoms in total. The van der Waals surface area contributed by atoms with Crippen molar-refractivity contribution in [3.05, 3.63) is 35.4 Å². The van der Waals surface area contributed by atoms with Gasteiger partial charge in [0.1, 0.15) is 12.2 Å². The molecule has 5 heteroatoms. The van der Waals surface area contributed by atoms with Gasteiger partial charge in [0.25, 0.3) is 0 Å². The van der Waals surface area contributed by atoms with Crippen molar-refractivity contribution in [3.8, 4) is 5.69 Å². The number of nitrogen functional groups attached to an aromatic ring is 1. The molecule has 1 heterocycles. The van der Waals surface area contributed by atoms with Gasteiger partial charge in [0.2, 0.25) is 0 Å². The van der Waals surface area contributed by atoms with Crippen LogP contribution in [0.25, 0.3) is 5.69 Å². The third-order valence-corrected chi connectivity index (χ3v) is 2.18. The number of benzene rings is 1. The smallest absolute Gasteiger partial charge is 0.147 e. The number of hydrogen-bond donors (Lipinski definition) is 1. The number of halogens is 1. The molecule has 1 aromatic heterocycles. The van der Waals surface area contributed by atoms with Crippen LogP contribution in [-0.4, -0.2) is 14.8 Å². The molecule has 0 bridgehead atoms. The van der Waals surface area contributed by atoms with Gasteiger partial charge in [-0.1, -0.05) is 11.6 Å². The standard InChI is InChI=1S/C9H9ClN4/c1-6-12-5-14(13-6)7-2-3-9(11)8(10)4-7/h2-5H,11H2,1H3. The molecule has 2 N–H and O–H groups in total. The molecule has 0 saturated heterocycles. The molecule has 1 aromatic carbocycles. The summed E-state index contributed by atoms with van der Waals surface area (Å²) >= 11 is 5.88. The quantitative estimate of drug-likeness (QED) is 0.728. The summed E-state index contributed by atoms with van der Waals surface area (Å²) in [5.41, 5.74) is 7.01. The van der Waals surface area contributed by atoms with Crippen LogP contribution < -0.4 is 5.73 Å². The molecule has 0 aliphatic carbocycles. The van der Waals surface area contributed by atoms with Gasteiger partial charge in [-0.05, 0) is 25.1 Å². The van der Waals surface area contributed by atoms with Crippen molar-refractivity contribution in [2.75, 3.05) is 5.73 Å². The Labute approximate surface area is 86.3 Å². The second-order valence-corrected chi connectivity index (χ2v) is 3.35. The third kappa shape index (κ3) is 1.56. The predicted octanol–water partition coefficient (Wildman–Crippen LogP) is 1.81. The minimum Gasteiger partial charge on any atom is -0.398 e. The van der Waals surface area contributed by atoms with Gasteiger partial charge in [-0.2, -0.15) is 5.10 Å². The van der Waals surface area contributed by atoms with Crippen LogP contribution in [0.4, 0.5) is 5.69 Å². The molecule has 0 radical (unpaired) electrons. The predicted molar refractivity (Wildman–Crippen MR) is 55.5 cm³/mol. The number of anilines is 1. The first kappa shape index (κ1) is 9.02. The Morgan fingerprint density at radius 3 is 2.79 bits per heavy atom. The van der Waals surface area contributed by atoms with E-state index >= 15 is 0 Å². The minimum absolute atomic E-state index is 0.524. The maximum absolute atomic E-state index is 5.88. The first-order chi connectivity index (χ1) is 6.66. The summed E-state index contributed by atoms with van der Waals surface area (Å²) in [6.07, 6.45) is 1.64. The van der Waals surface area contributed by atoms with Gasteiger partial charge < -0.3 is 5.73 Å². The monoisotopic (exact) mass is 208 g/mol. The van der Waals surface area contributed by atoms with Crippen LogP contribution >= 0.6 is 11.6 Å². The molecule has 0 aliphatic heterocycles. The SMILES string of the molecule is Cc1ncn(-c2ccc(N)c(Cl)c2)n1. The topological polar surface area (TPSA) is 56.7 Å². The van der Waals surface area contributed by atoms with Gasteiger partial charge in [0.05, 0.1) is 16.4 Å². The molecule has 0 atom stereocenters. The molecule has 0 fully saturated rings. The van der Waals surface area contributed by atoms with Crippen molar-refractivity contribution < 1.29 is 0 Å². The summed E-state index contributed by atoms with van der Waals surface area (Å²) in [6, 6.07) is 5.34. The number of nitrogens with zero attached hydrogens (tertiary/aromatic N) is 3. The maximum Gasteiger partial charge on any atom is 0.147 e. The molecule has 2 aromatic rings. The second kappa shape index (κ2) is 3.31. The summed E-state index contributed by atoms with van der Waals surface area (Å²) < 4.78 is 1.65. The molecular formula is C9H9ClN4. The fourth-order valence-electron chi connectivity index (χ4n) is 1.13. The average Bonchev–Trinajstić information content (AvgIpc) is 2.57. The second-order valence-electron chi connectivity index (χ2n) is 2.94. The Morgan fingerprint density at radius 2 is 2.21 bits per heavy atom. The number of rotatable bonds is 1. The zero-order chi connectivity index (χ0) is 10.1. The zero-order valence-electron chi connectivity index (χ0n) is 7.61. The largest absolute Gasteiger partial charge is 0.398 e. The molecular weight excluding hydrogens is 200 g/mol. The van der Waals surface area contributed by atoms with E-state index in [9.17, 15) is 0 Å². The van der Waals surface area contributed by atoms with Crippen LogP contribution in [0, 0.1) is 6.92 Å². The highest BCUT2D eigenvalue weighted by Gasteiger charge is 2.01. The summed E-state index contributed by atoms with van der Waals surface area (Å²) in [7, 11) is 0. The van der Waals surface area contributed by atoms with Crippen LogP contribution in [-0.2, 0) is 0 Å². The maximum atomic E-state index is 5.88. The van der Waals surface area contributed by atoms with E-state index in [-0.39, 0.29) is 0 Å². The highest BCUT2D eigenvalue weighted by atomic mass is 35.5. The van der Waals surface area contributed by atoms with Gasteiger partial charge in [0, 0.05) is 0 Å². The fraction of sp³-hybridized carbons (Fsp3) is 0.111. The van der Waals surface area contributed by atoms with E-state index in [4.69, 9.17) is 17.3 Å². The molecule has 0 spiro atoms. The lowest BCUT2D eigenvalue weighted by atomic mass is 10.3. The highest BCUT2D eigenvalue weighted by Crippen LogP contribution is 2.21. The number of aryl methyl sites for hydroxylation is 1. The van der Waals surface area contributed by atoms with Gasteiger partial charge in [0.15, 0.2) is 0 Å². The molecule has 2 rings (SSSR count). The molecule has 0 unspecified atom stereocenters. The molecule has 0 saturated carbocycles. The van der Waals surface area contributed by atoms with Gasteiger partial charge in [-0.15, -0.1) is 0 Å². The van der Waals surface area contributed by atoms with Crippen molar-refractivity contribution in [1.82, 2.24) is 14.8 Å². The van der Waals surface area contributed by atoms with E-state index in [2.05, 4.69) is 10.1 Å². The van der Waals surface area contributed by atoms with Crippen molar-refractivity contribution in [2.45, 2.75) is 6.92 Å². The lowest BCUT2D eigenvalue weighted by Crippen LogP contribution is -1.96. The van der Waals surface area contributed by atoms with Crippen LogP contribution in [0.15, 0.2) is 24.5 Å². The van der Waals surface area contributed by atoms with Crippen LogP contribution in [0.2, 0.25) is 5.02 Å². The van der Waals surface area contributed by atoms with E-state index in [1.54, 1.807) is 23.1 Å². The van der Waals surface area contributed by atoms with Gasteiger partial charge >= 0.3 is 0 Å². The van der Waals surface area contributed by atoms with E-state index < -0.39 is 0 Å². The highest BCUT2D eigenvalue weighted by molar-refractivity contribution is 6.33. The minimum atomic E-state index is 0.524. The van der Waals surface area contributed by atoms with Crippen LogP contribution in [0.3, 0.4) is 0 Å². The number of hydrogen-bond acceptors (Lipinski definition) is 3. The molecule has 14 heavy (non-hydrogen) atoms. The fourth-order valence-corrected chi connectivity index (χ4v) is 1.30. The summed E-state index contributed by atoms with van der Waals surface area (Å²) in [4.78, 5) is 4.02. The van der Waals surface area contributed by atoms with Crippen molar-refractivity contribution in [1.29, 1.82) is 0 Å². The van der Waals surface area contributed by atoms with Crippen LogP contribution in [0.5, 0.6) is 0 Å². The van der Waals surface area contributed by atoms with Gasteiger partial charge in [-0.25, -0.2) is 9.67 Å². The zero-order valence-corrected chi connectivity index (χ0v) is 8.36. The lowest BCUT2D eigenvalue weighted by Gasteiger charge is -2.02. The molecule has 72 valence electrons. The molecule has 0 aliphatic rings. The Kier molecular flexibility index (Phi) is 2.13. The third-order valence-electron chi connectivity index (χ3n) is 1.85. The number of nitrogens with two attached hydrogens (primary N) is 1. The average molecular weight is 209 g/mol. The first-order valence-electron chi connectivity index (χ1n) is 4.10. The Balaban J connectivity index is 2.47. The normalized spacial score (nSPS) is 10.4. The van der Waals surface area contributed by atoms with Crippen molar-refractivity contribution >= 4 is 17.3 Å². The summed E-state index contributed by atoms with van der Waals surface area (Å²) in [5, 5.41) is 4.68. The Hall–Kier alpha value is -1.55. The van der Waals surface area contributed by atoms with E-state index in [1.165, 1.54) is 0 Å². The van der Waals surface area contributed by atoms with Crippen molar-refractivity contribution in [3.63, 3.8) is 0 Å². The number of aromatic nitrogens is 3. The Morgan fingerprint density at radius 1 is 1.43 bits per heavy atom. The van der Waals surface area contributed by atoms with E-state index in [0.29, 0.717) is 10.7 Å². The lowest BCUT2D eigenvalue weighted by molar-refractivity contribution is 0.863. The van der Waals surface area contributed by atoms with E-state index in [0.717, 1.165) is 11.5 Å². The first-order valence-corrected chi connectivity index (χ1v) is 4.48. The summed E-state index contributed by atoms with van der Waals surface area (Å²) in [5.74, 6) is 0.720. The van der Waals surface area contributed by atoms with Gasteiger partial charge in [-0.3, -0.25) is 0 Å². The van der Waals surface area contributed by atoms with Crippen LogP contribution in [0.1, 0.15) is 5.82 Å². The summed E-state index contributed by atoms with van der Waals surface area (Å²) in [6.45, 7) is 1.83.